The van der Waals surface area contributed by atoms with E-state index < -0.39 is 0 Å². The fraction of sp³-hybridized carbons (Fsp3) is 0.294. The second-order valence-electron chi connectivity index (χ2n) is 4.72. The lowest BCUT2D eigenvalue weighted by Crippen LogP contribution is -2.21. The molecule has 0 spiro atoms. The number of allylic oxidation sites excluding steroid dienone is 3. The fourth-order valence-corrected chi connectivity index (χ4v) is 1.72. The Hall–Kier alpha value is -2.56. The summed E-state index contributed by atoms with van der Waals surface area (Å²) in [6.45, 7) is 4.16. The first kappa shape index (κ1) is 17.5. The van der Waals surface area contributed by atoms with Gasteiger partial charge in [0.2, 0.25) is 5.91 Å². The monoisotopic (exact) mass is 302 g/mol. The van der Waals surface area contributed by atoms with Gasteiger partial charge in [-0.1, -0.05) is 18.2 Å². The third-order valence-electron chi connectivity index (χ3n) is 2.74. The molecule has 118 valence electrons. The van der Waals surface area contributed by atoms with E-state index in [2.05, 4.69) is 5.32 Å². The molecule has 0 fully saturated rings. The molecule has 0 unspecified atom stereocenters. The summed E-state index contributed by atoms with van der Waals surface area (Å²) in [6.07, 6.45) is 6.67. The molecular weight excluding hydrogens is 280 g/mol. The maximum atomic E-state index is 12.0. The van der Waals surface area contributed by atoms with Crippen LogP contribution in [0.1, 0.15) is 24.2 Å². The van der Waals surface area contributed by atoms with Crippen molar-refractivity contribution in [3.05, 3.63) is 48.1 Å². The van der Waals surface area contributed by atoms with Gasteiger partial charge in [0.1, 0.15) is 5.75 Å². The molecule has 22 heavy (non-hydrogen) atoms. The molecule has 0 aromatic heterocycles. The molecular formula is C17H22N2O3. The summed E-state index contributed by atoms with van der Waals surface area (Å²) in [4.78, 5) is 25.3. The highest BCUT2D eigenvalue weighted by atomic mass is 16.5. The quantitative estimate of drug-likeness (QED) is 0.649. The van der Waals surface area contributed by atoms with Crippen LogP contribution < -0.4 is 10.1 Å². The third kappa shape index (κ3) is 5.09. The van der Waals surface area contributed by atoms with Gasteiger partial charge < -0.3 is 15.0 Å². The number of nitrogens with zero attached hydrogens (tertiary/aromatic N) is 1. The first-order valence-electron chi connectivity index (χ1n) is 7.08. The summed E-state index contributed by atoms with van der Waals surface area (Å²) in [5, 5.41) is 2.74. The van der Waals surface area contributed by atoms with Crippen molar-refractivity contribution in [2.75, 3.05) is 26.0 Å². The van der Waals surface area contributed by atoms with Gasteiger partial charge in [0, 0.05) is 25.7 Å². The van der Waals surface area contributed by atoms with Crippen LogP contribution in [0.5, 0.6) is 5.75 Å². The Labute approximate surface area is 131 Å². The zero-order valence-electron chi connectivity index (χ0n) is 13.4. The Morgan fingerprint density at radius 2 is 2.00 bits per heavy atom. The number of carbonyl (C=O) groups excluding carboxylic acids is 2. The van der Waals surface area contributed by atoms with Crippen molar-refractivity contribution in [1.82, 2.24) is 4.90 Å². The van der Waals surface area contributed by atoms with E-state index in [0.717, 1.165) is 0 Å². The summed E-state index contributed by atoms with van der Waals surface area (Å²) >= 11 is 0. The van der Waals surface area contributed by atoms with E-state index in [1.54, 1.807) is 44.4 Å². The van der Waals surface area contributed by atoms with Gasteiger partial charge in [-0.05, 0) is 32.0 Å². The standard InChI is InChI=1S/C17H22N2O3/c1-5-7-8-9-16(20)18-14-11-10-13(17(21)19(3)4)12-15(14)22-6-2/h5,7-12H,6H2,1-4H3,(H,18,20)/b7-5+,9-8+. The van der Waals surface area contributed by atoms with E-state index in [-0.39, 0.29) is 11.8 Å². The lowest BCUT2D eigenvalue weighted by molar-refractivity contribution is -0.111. The van der Waals surface area contributed by atoms with Crippen LogP contribution in [0, 0.1) is 0 Å². The van der Waals surface area contributed by atoms with Gasteiger partial charge in [0.05, 0.1) is 12.3 Å². The van der Waals surface area contributed by atoms with Crippen molar-refractivity contribution in [3.63, 3.8) is 0 Å². The van der Waals surface area contributed by atoms with Crippen LogP contribution in [-0.4, -0.2) is 37.4 Å². The summed E-state index contributed by atoms with van der Waals surface area (Å²) in [5.41, 5.74) is 1.04. The van der Waals surface area contributed by atoms with Crippen LogP contribution in [0.3, 0.4) is 0 Å². The Balaban J connectivity index is 2.99. The van der Waals surface area contributed by atoms with Crippen LogP contribution in [0.15, 0.2) is 42.5 Å². The number of nitrogens with one attached hydrogen (secondary N) is 1. The Morgan fingerprint density at radius 3 is 2.59 bits per heavy atom. The molecule has 5 nitrogen and oxygen atoms in total. The molecule has 0 aliphatic heterocycles. The molecule has 1 rings (SSSR count). The molecule has 2 amide bonds. The van der Waals surface area contributed by atoms with Crippen molar-refractivity contribution in [3.8, 4) is 5.75 Å². The van der Waals surface area contributed by atoms with Crippen LogP contribution in [0.25, 0.3) is 0 Å². The van der Waals surface area contributed by atoms with Gasteiger partial charge >= 0.3 is 0 Å². The molecule has 0 heterocycles. The van der Waals surface area contributed by atoms with Gasteiger partial charge in [-0.15, -0.1) is 0 Å². The number of rotatable bonds is 6. The average Bonchev–Trinajstić information content (AvgIpc) is 2.48. The Bertz CT molecular complexity index is 590. The molecule has 0 aliphatic carbocycles. The normalized spacial score (nSPS) is 10.9. The average molecular weight is 302 g/mol. The molecule has 0 bridgehead atoms. The molecule has 1 aromatic rings. The number of ether oxygens (including phenoxy) is 1. The fourth-order valence-electron chi connectivity index (χ4n) is 1.72. The summed E-state index contributed by atoms with van der Waals surface area (Å²) in [7, 11) is 3.37. The van der Waals surface area contributed by atoms with E-state index in [1.165, 1.54) is 11.0 Å². The van der Waals surface area contributed by atoms with Crippen molar-refractivity contribution >= 4 is 17.5 Å². The topological polar surface area (TPSA) is 58.6 Å². The van der Waals surface area contributed by atoms with Crippen molar-refractivity contribution in [2.24, 2.45) is 0 Å². The maximum absolute atomic E-state index is 12.0. The minimum Gasteiger partial charge on any atom is -0.492 e. The zero-order valence-corrected chi connectivity index (χ0v) is 13.4. The number of carbonyl (C=O) groups is 2. The zero-order chi connectivity index (χ0) is 16.5. The van der Waals surface area contributed by atoms with Crippen LogP contribution >= 0.6 is 0 Å². The van der Waals surface area contributed by atoms with E-state index in [0.29, 0.717) is 23.6 Å². The molecule has 1 aromatic carbocycles. The van der Waals surface area contributed by atoms with Crippen molar-refractivity contribution in [1.29, 1.82) is 0 Å². The number of hydrogen-bond donors (Lipinski definition) is 1. The predicted octanol–water partition coefficient (Wildman–Crippen LogP) is 2.86. The number of benzene rings is 1. The van der Waals surface area contributed by atoms with E-state index in [4.69, 9.17) is 4.74 Å². The highest BCUT2D eigenvalue weighted by molar-refractivity contribution is 6.01. The second-order valence-corrected chi connectivity index (χ2v) is 4.72. The third-order valence-corrected chi connectivity index (χ3v) is 2.74. The van der Waals surface area contributed by atoms with Crippen LogP contribution in [-0.2, 0) is 4.79 Å². The molecule has 0 radical (unpaired) electrons. The van der Waals surface area contributed by atoms with Crippen LogP contribution in [0.2, 0.25) is 0 Å². The number of hydrogen-bond acceptors (Lipinski definition) is 3. The number of anilines is 1. The largest absolute Gasteiger partial charge is 0.492 e. The molecule has 0 atom stereocenters. The smallest absolute Gasteiger partial charge is 0.253 e. The Kier molecular flexibility index (Phi) is 6.89. The molecule has 0 saturated heterocycles. The molecule has 0 saturated carbocycles. The minimum atomic E-state index is -0.259. The van der Waals surface area contributed by atoms with Crippen LogP contribution in [0.4, 0.5) is 5.69 Å². The minimum absolute atomic E-state index is 0.119. The SMILES string of the molecule is C/C=C/C=C/C(=O)Nc1ccc(C(=O)N(C)C)cc1OCC. The lowest BCUT2D eigenvalue weighted by atomic mass is 10.1. The van der Waals surface area contributed by atoms with E-state index in [9.17, 15) is 9.59 Å². The second kappa shape index (κ2) is 8.67. The number of amides is 2. The summed E-state index contributed by atoms with van der Waals surface area (Å²) in [6, 6.07) is 4.97. The van der Waals surface area contributed by atoms with Gasteiger partial charge in [-0.3, -0.25) is 9.59 Å². The predicted molar refractivity (Wildman–Crippen MR) is 88.2 cm³/mol. The first-order chi connectivity index (χ1) is 10.5. The molecule has 1 N–H and O–H groups in total. The molecule has 5 heteroatoms. The maximum Gasteiger partial charge on any atom is 0.253 e. The van der Waals surface area contributed by atoms with Gasteiger partial charge in [-0.25, -0.2) is 0 Å². The lowest BCUT2D eigenvalue weighted by Gasteiger charge is -2.14. The van der Waals surface area contributed by atoms with E-state index >= 15 is 0 Å². The summed E-state index contributed by atoms with van der Waals surface area (Å²) in [5.74, 6) is 0.0977. The first-order valence-corrected chi connectivity index (χ1v) is 7.08. The van der Waals surface area contributed by atoms with Gasteiger partial charge in [0.15, 0.2) is 0 Å². The summed E-state index contributed by atoms with van der Waals surface area (Å²) < 4.78 is 5.51. The van der Waals surface area contributed by atoms with Crippen molar-refractivity contribution in [2.45, 2.75) is 13.8 Å². The Morgan fingerprint density at radius 1 is 1.27 bits per heavy atom. The van der Waals surface area contributed by atoms with Gasteiger partial charge in [-0.2, -0.15) is 0 Å². The van der Waals surface area contributed by atoms with E-state index in [1.807, 2.05) is 19.9 Å². The van der Waals surface area contributed by atoms with Crippen molar-refractivity contribution < 1.29 is 14.3 Å². The molecule has 0 aliphatic rings. The van der Waals surface area contributed by atoms with Gasteiger partial charge in [0.25, 0.3) is 5.91 Å². The highest BCUT2D eigenvalue weighted by Gasteiger charge is 2.13. The highest BCUT2D eigenvalue weighted by Crippen LogP contribution is 2.26.